The van der Waals surface area contributed by atoms with Crippen molar-refractivity contribution in [3.8, 4) is 0 Å². The lowest BCUT2D eigenvalue weighted by Crippen LogP contribution is -2.37. The van der Waals surface area contributed by atoms with Crippen molar-refractivity contribution in [1.82, 2.24) is 5.32 Å². The van der Waals surface area contributed by atoms with Crippen molar-refractivity contribution in [2.75, 3.05) is 11.9 Å². The normalized spacial score (nSPS) is 23.5. The van der Waals surface area contributed by atoms with Crippen LogP contribution in [-0.2, 0) is 14.3 Å². The molecule has 1 aromatic rings. The molecule has 0 aliphatic heterocycles. The van der Waals surface area contributed by atoms with Gasteiger partial charge in [0.05, 0.1) is 0 Å². The van der Waals surface area contributed by atoms with Crippen molar-refractivity contribution in [2.24, 2.45) is 17.8 Å². The summed E-state index contributed by atoms with van der Waals surface area (Å²) in [6.07, 6.45) is 5.21. The molecule has 26 heavy (non-hydrogen) atoms. The van der Waals surface area contributed by atoms with E-state index in [1.165, 1.54) is 19.3 Å². The van der Waals surface area contributed by atoms with Crippen LogP contribution in [0.4, 0.5) is 10.5 Å². The molecule has 3 atom stereocenters. The van der Waals surface area contributed by atoms with Crippen LogP contribution in [0, 0.1) is 31.6 Å². The highest BCUT2D eigenvalue weighted by Gasteiger charge is 2.40. The van der Waals surface area contributed by atoms with Gasteiger partial charge in [0, 0.05) is 12.1 Å². The summed E-state index contributed by atoms with van der Waals surface area (Å²) in [7, 11) is 0. The van der Waals surface area contributed by atoms with E-state index in [4.69, 9.17) is 4.74 Å². The first kappa shape index (κ1) is 18.4. The number of aryl methyl sites for hydroxylation is 2. The molecule has 2 saturated carbocycles. The molecule has 0 saturated heterocycles. The fourth-order valence-electron chi connectivity index (χ4n) is 4.32. The van der Waals surface area contributed by atoms with Gasteiger partial charge >= 0.3 is 12.0 Å². The lowest BCUT2D eigenvalue weighted by atomic mass is 9.86. The van der Waals surface area contributed by atoms with Crippen LogP contribution in [0.25, 0.3) is 0 Å². The van der Waals surface area contributed by atoms with Crippen molar-refractivity contribution in [2.45, 2.75) is 46.0 Å². The van der Waals surface area contributed by atoms with E-state index >= 15 is 0 Å². The first-order chi connectivity index (χ1) is 12.4. The molecule has 2 aliphatic rings. The lowest BCUT2D eigenvalue weighted by Gasteiger charge is -2.20. The molecule has 0 spiro atoms. The first-order valence-electron chi connectivity index (χ1n) is 9.24. The highest BCUT2D eigenvalue weighted by molar-refractivity contribution is 6.02. The Bertz CT molecular complexity index is 716. The molecular weight excluding hydrogens is 332 g/mol. The smallest absolute Gasteiger partial charge is 0.325 e. The Kier molecular flexibility index (Phi) is 5.59. The average molecular weight is 358 g/mol. The minimum absolute atomic E-state index is 0.354. The molecule has 2 aliphatic carbocycles. The first-order valence-corrected chi connectivity index (χ1v) is 9.24. The Labute approximate surface area is 153 Å². The van der Waals surface area contributed by atoms with Gasteiger partial charge in [-0.15, -0.1) is 0 Å². The summed E-state index contributed by atoms with van der Waals surface area (Å²) in [4.78, 5) is 35.6. The minimum atomic E-state index is -0.633. The number of benzene rings is 1. The fraction of sp³-hybridized carbons (Fsp3) is 0.550. The number of ether oxygens (including phenoxy) is 1. The molecule has 140 valence electrons. The van der Waals surface area contributed by atoms with Crippen LogP contribution < -0.4 is 10.6 Å². The second-order valence-electron chi connectivity index (χ2n) is 7.62. The molecule has 2 fully saturated rings. The minimum Gasteiger partial charge on any atom is -0.456 e. The van der Waals surface area contributed by atoms with E-state index in [9.17, 15) is 14.4 Å². The monoisotopic (exact) mass is 358 g/mol. The standard InChI is InChI=1S/C20H26N2O4/c1-12-3-6-17(13(2)7-12)21-20(25)22-18(23)11-26-19(24)10-16-9-14-4-5-15(16)8-14/h3,6-7,14-16H,4-5,8-11H2,1-2H3,(H2,21,22,23,25)/t14-,15-,16-/m1/s1. The number of fused-ring (bicyclic) bond motifs is 2. The van der Waals surface area contributed by atoms with Gasteiger partial charge in [-0.05, 0) is 62.5 Å². The van der Waals surface area contributed by atoms with Gasteiger partial charge in [-0.3, -0.25) is 14.9 Å². The third kappa shape index (κ3) is 4.62. The van der Waals surface area contributed by atoms with E-state index in [1.54, 1.807) is 6.07 Å². The number of imide groups is 1. The zero-order chi connectivity index (χ0) is 18.7. The number of rotatable bonds is 5. The number of hydrogen-bond acceptors (Lipinski definition) is 4. The number of carbonyl (C=O) groups excluding carboxylic acids is 3. The predicted octanol–water partition coefficient (Wildman–Crippen LogP) is 3.32. The van der Waals surface area contributed by atoms with Crippen LogP contribution in [0.15, 0.2) is 18.2 Å². The fourth-order valence-corrected chi connectivity index (χ4v) is 4.32. The highest BCUT2D eigenvalue weighted by atomic mass is 16.5. The Morgan fingerprint density at radius 2 is 1.96 bits per heavy atom. The van der Waals surface area contributed by atoms with Crippen molar-refractivity contribution < 1.29 is 19.1 Å². The summed E-state index contributed by atoms with van der Waals surface area (Å²) < 4.78 is 5.03. The molecule has 3 amide bonds. The largest absolute Gasteiger partial charge is 0.456 e. The van der Waals surface area contributed by atoms with Crippen molar-refractivity contribution in [3.63, 3.8) is 0 Å². The Morgan fingerprint density at radius 3 is 2.62 bits per heavy atom. The SMILES string of the molecule is Cc1ccc(NC(=O)NC(=O)COC(=O)C[C@H]2C[C@@H]3CC[C@@H]2C3)c(C)c1. The Hall–Kier alpha value is -2.37. The van der Waals surface area contributed by atoms with E-state index in [2.05, 4.69) is 10.6 Å². The quantitative estimate of drug-likeness (QED) is 0.791. The van der Waals surface area contributed by atoms with E-state index in [0.29, 0.717) is 23.9 Å². The molecule has 6 nitrogen and oxygen atoms in total. The molecule has 0 aromatic heterocycles. The zero-order valence-corrected chi connectivity index (χ0v) is 15.3. The topological polar surface area (TPSA) is 84.5 Å². The number of amides is 3. The molecule has 2 bridgehead atoms. The summed E-state index contributed by atoms with van der Waals surface area (Å²) in [5.41, 5.74) is 2.63. The second kappa shape index (κ2) is 7.89. The number of esters is 1. The third-order valence-corrected chi connectivity index (χ3v) is 5.56. The van der Waals surface area contributed by atoms with Gasteiger partial charge in [-0.2, -0.15) is 0 Å². The summed E-state index contributed by atoms with van der Waals surface area (Å²) in [6, 6.07) is 4.96. The van der Waals surface area contributed by atoms with Crippen molar-refractivity contribution in [1.29, 1.82) is 0 Å². The van der Waals surface area contributed by atoms with Crippen LogP contribution in [0.3, 0.4) is 0 Å². The Morgan fingerprint density at radius 1 is 1.15 bits per heavy atom. The number of urea groups is 1. The van der Waals surface area contributed by atoms with Gasteiger partial charge in [0.25, 0.3) is 5.91 Å². The number of nitrogens with one attached hydrogen (secondary N) is 2. The molecule has 1 aromatic carbocycles. The van der Waals surface area contributed by atoms with Gasteiger partial charge in [0.15, 0.2) is 6.61 Å². The van der Waals surface area contributed by atoms with Crippen molar-refractivity contribution >= 4 is 23.6 Å². The van der Waals surface area contributed by atoms with Gasteiger partial charge < -0.3 is 10.1 Å². The summed E-state index contributed by atoms with van der Waals surface area (Å²) in [5.74, 6) is 0.832. The third-order valence-electron chi connectivity index (χ3n) is 5.56. The maximum atomic E-state index is 11.9. The molecule has 2 N–H and O–H groups in total. The molecule has 6 heteroatoms. The summed E-state index contributed by atoms with van der Waals surface area (Å²) >= 11 is 0. The maximum absolute atomic E-state index is 11.9. The van der Waals surface area contributed by atoms with Crippen LogP contribution in [-0.4, -0.2) is 24.5 Å². The number of hydrogen-bond donors (Lipinski definition) is 2. The van der Waals surface area contributed by atoms with Gasteiger partial charge in [-0.1, -0.05) is 24.1 Å². The van der Waals surface area contributed by atoms with Crippen LogP contribution in [0.1, 0.15) is 43.2 Å². The van der Waals surface area contributed by atoms with E-state index in [1.807, 2.05) is 26.0 Å². The van der Waals surface area contributed by atoms with Gasteiger partial charge in [0.1, 0.15) is 0 Å². The highest BCUT2D eigenvalue weighted by Crippen LogP contribution is 2.49. The molecule has 0 heterocycles. The predicted molar refractivity (Wildman–Crippen MR) is 97.6 cm³/mol. The summed E-state index contributed by atoms with van der Waals surface area (Å²) in [6.45, 7) is 3.41. The number of carbonyl (C=O) groups is 3. The van der Waals surface area contributed by atoms with Gasteiger partial charge in [0.2, 0.25) is 0 Å². The van der Waals surface area contributed by atoms with Crippen LogP contribution >= 0.6 is 0 Å². The average Bonchev–Trinajstić information content (AvgIpc) is 3.18. The van der Waals surface area contributed by atoms with Gasteiger partial charge in [-0.25, -0.2) is 4.79 Å². The zero-order valence-electron chi connectivity index (χ0n) is 15.3. The number of anilines is 1. The molecular formula is C20H26N2O4. The maximum Gasteiger partial charge on any atom is 0.325 e. The molecule has 0 radical (unpaired) electrons. The van der Waals surface area contributed by atoms with Crippen molar-refractivity contribution in [3.05, 3.63) is 29.3 Å². The molecule has 0 unspecified atom stereocenters. The lowest BCUT2D eigenvalue weighted by molar-refractivity contribution is -0.149. The second-order valence-corrected chi connectivity index (χ2v) is 7.62. The van der Waals surface area contributed by atoms with E-state index in [0.717, 1.165) is 23.5 Å². The van der Waals surface area contributed by atoms with E-state index in [-0.39, 0.29) is 5.97 Å². The van der Waals surface area contributed by atoms with E-state index < -0.39 is 18.5 Å². The molecule has 3 rings (SSSR count). The van der Waals surface area contributed by atoms with Crippen LogP contribution in [0.5, 0.6) is 0 Å². The summed E-state index contributed by atoms with van der Waals surface area (Å²) in [5, 5.41) is 4.80. The Balaban J connectivity index is 1.38. The van der Waals surface area contributed by atoms with Crippen LogP contribution in [0.2, 0.25) is 0 Å².